The van der Waals surface area contributed by atoms with Gasteiger partial charge in [0, 0.05) is 18.0 Å². The van der Waals surface area contributed by atoms with Gasteiger partial charge in [0.2, 0.25) is 5.96 Å². The maximum Gasteiger partial charge on any atom is 0.208 e. The summed E-state index contributed by atoms with van der Waals surface area (Å²) < 4.78 is 0. The van der Waals surface area contributed by atoms with Gasteiger partial charge in [-0.2, -0.15) is 0 Å². The molecule has 84 valence electrons. The lowest BCUT2D eigenvalue weighted by atomic mass is 10.4. The fourth-order valence-corrected chi connectivity index (χ4v) is 2.03. The monoisotopic (exact) mass is 226 g/mol. The van der Waals surface area contributed by atoms with Crippen LogP contribution >= 0.6 is 11.3 Å². The second kappa shape index (κ2) is 6.42. The summed E-state index contributed by atoms with van der Waals surface area (Å²) in [5.41, 5.74) is 2.65. The molecule has 0 unspecified atom stereocenters. The van der Waals surface area contributed by atoms with Crippen LogP contribution in [0.1, 0.15) is 18.7 Å². The van der Waals surface area contributed by atoms with Crippen molar-refractivity contribution in [2.75, 3.05) is 13.1 Å². The number of nitrogens with zero attached hydrogens (tertiary/aromatic N) is 2. The van der Waals surface area contributed by atoms with E-state index < -0.39 is 0 Å². The van der Waals surface area contributed by atoms with Crippen molar-refractivity contribution in [2.45, 2.75) is 20.4 Å². The van der Waals surface area contributed by atoms with Crippen molar-refractivity contribution < 1.29 is 0 Å². The average Bonchev–Trinajstić information content (AvgIpc) is 2.75. The molecular formula is C10H18N4S. The summed E-state index contributed by atoms with van der Waals surface area (Å²) in [7, 11) is 0. The summed E-state index contributed by atoms with van der Waals surface area (Å²) in [6.45, 7) is 6.57. The minimum Gasteiger partial charge on any atom is -0.337 e. The van der Waals surface area contributed by atoms with Gasteiger partial charge in [-0.05, 0) is 25.3 Å². The first kappa shape index (κ1) is 12.0. The molecule has 1 rings (SSSR count). The molecule has 0 aromatic carbocycles. The van der Waals surface area contributed by atoms with Gasteiger partial charge in [-0.15, -0.1) is 11.3 Å². The van der Waals surface area contributed by atoms with Crippen LogP contribution in [0.2, 0.25) is 0 Å². The molecule has 1 aromatic rings. The Hall–Kier alpha value is -1.07. The van der Waals surface area contributed by atoms with E-state index in [0.717, 1.165) is 25.6 Å². The Morgan fingerprint density at radius 2 is 2.40 bits per heavy atom. The van der Waals surface area contributed by atoms with Crippen LogP contribution in [0.3, 0.4) is 0 Å². The fourth-order valence-electron chi connectivity index (χ4n) is 1.31. The first-order valence-corrected chi connectivity index (χ1v) is 5.98. The molecule has 1 aromatic heterocycles. The molecular weight excluding hydrogens is 208 g/mol. The third-order valence-electron chi connectivity index (χ3n) is 2.05. The van der Waals surface area contributed by atoms with Crippen LogP contribution in [0.25, 0.3) is 0 Å². The van der Waals surface area contributed by atoms with Crippen molar-refractivity contribution in [3.05, 3.63) is 22.4 Å². The number of aliphatic imine (C=N–C) groups is 1. The van der Waals surface area contributed by atoms with E-state index in [0.29, 0.717) is 0 Å². The molecule has 4 nitrogen and oxygen atoms in total. The highest BCUT2D eigenvalue weighted by Gasteiger charge is 2.08. The third-order valence-corrected chi connectivity index (χ3v) is 2.91. The Labute approximate surface area is 94.8 Å². The van der Waals surface area contributed by atoms with Gasteiger partial charge in [0.15, 0.2) is 0 Å². The van der Waals surface area contributed by atoms with E-state index in [-0.39, 0.29) is 0 Å². The number of hydrazine groups is 1. The molecule has 1 heterocycles. The van der Waals surface area contributed by atoms with Gasteiger partial charge in [-0.1, -0.05) is 6.07 Å². The second-order valence-corrected chi connectivity index (χ2v) is 4.07. The summed E-state index contributed by atoms with van der Waals surface area (Å²) in [6, 6.07) is 4.17. The maximum absolute atomic E-state index is 5.45. The standard InChI is InChI=1S/C10H18N4S/c1-3-12-10(13-11)14(4-2)8-9-6-5-7-15-9/h5-7H,3-4,8,11H2,1-2H3,(H,12,13). The molecule has 0 atom stereocenters. The molecule has 0 spiro atoms. The Balaban J connectivity index is 2.66. The van der Waals surface area contributed by atoms with E-state index in [4.69, 9.17) is 5.84 Å². The van der Waals surface area contributed by atoms with Crippen LogP contribution in [0.5, 0.6) is 0 Å². The lowest BCUT2D eigenvalue weighted by Crippen LogP contribution is -2.44. The number of hydrogen-bond acceptors (Lipinski definition) is 3. The van der Waals surface area contributed by atoms with E-state index in [9.17, 15) is 0 Å². The lowest BCUT2D eigenvalue weighted by molar-refractivity contribution is 0.421. The Morgan fingerprint density at radius 1 is 1.60 bits per heavy atom. The zero-order valence-electron chi connectivity index (χ0n) is 9.23. The van der Waals surface area contributed by atoms with E-state index in [1.54, 1.807) is 11.3 Å². The lowest BCUT2D eigenvalue weighted by Gasteiger charge is -2.23. The summed E-state index contributed by atoms with van der Waals surface area (Å²) in [5.74, 6) is 6.20. The molecule has 3 N–H and O–H groups in total. The average molecular weight is 226 g/mol. The van der Waals surface area contributed by atoms with Crippen molar-refractivity contribution >= 4 is 17.3 Å². The van der Waals surface area contributed by atoms with Crippen molar-refractivity contribution in [1.29, 1.82) is 0 Å². The predicted molar refractivity (Wildman–Crippen MR) is 65.7 cm³/mol. The smallest absolute Gasteiger partial charge is 0.208 e. The summed E-state index contributed by atoms with van der Waals surface area (Å²) in [4.78, 5) is 7.74. The first-order chi connectivity index (χ1) is 7.31. The van der Waals surface area contributed by atoms with Crippen LogP contribution in [0.4, 0.5) is 0 Å². The highest BCUT2D eigenvalue weighted by atomic mass is 32.1. The largest absolute Gasteiger partial charge is 0.337 e. The molecule has 0 bridgehead atoms. The van der Waals surface area contributed by atoms with Gasteiger partial charge in [0.05, 0.1) is 6.54 Å². The molecule has 0 radical (unpaired) electrons. The molecule has 0 aliphatic rings. The van der Waals surface area contributed by atoms with Crippen molar-refractivity contribution in [2.24, 2.45) is 10.8 Å². The van der Waals surface area contributed by atoms with Crippen molar-refractivity contribution in [1.82, 2.24) is 10.3 Å². The zero-order chi connectivity index (χ0) is 11.1. The van der Waals surface area contributed by atoms with Crippen LogP contribution in [-0.4, -0.2) is 23.9 Å². The van der Waals surface area contributed by atoms with E-state index in [1.807, 2.05) is 6.92 Å². The molecule has 0 aliphatic heterocycles. The fraction of sp³-hybridized carbons (Fsp3) is 0.500. The molecule has 0 amide bonds. The summed E-state index contributed by atoms with van der Waals surface area (Å²) >= 11 is 1.75. The number of nitrogens with two attached hydrogens (primary N) is 1. The Morgan fingerprint density at radius 3 is 2.87 bits per heavy atom. The van der Waals surface area contributed by atoms with E-state index in [1.165, 1.54) is 4.88 Å². The zero-order valence-corrected chi connectivity index (χ0v) is 10.0. The highest BCUT2D eigenvalue weighted by Crippen LogP contribution is 2.11. The van der Waals surface area contributed by atoms with E-state index >= 15 is 0 Å². The predicted octanol–water partition coefficient (Wildman–Crippen LogP) is 1.41. The number of hydrogen-bond donors (Lipinski definition) is 2. The highest BCUT2D eigenvalue weighted by molar-refractivity contribution is 7.09. The van der Waals surface area contributed by atoms with Crippen LogP contribution < -0.4 is 11.3 Å². The minimum atomic E-state index is 0.737. The first-order valence-electron chi connectivity index (χ1n) is 5.10. The number of guanidine groups is 1. The van der Waals surface area contributed by atoms with Crippen molar-refractivity contribution in [3.8, 4) is 0 Å². The molecule has 0 saturated heterocycles. The van der Waals surface area contributed by atoms with Gasteiger partial charge < -0.3 is 4.90 Å². The molecule has 5 heteroatoms. The molecule has 0 saturated carbocycles. The van der Waals surface area contributed by atoms with E-state index in [2.05, 4.69) is 39.8 Å². The summed E-state index contributed by atoms with van der Waals surface area (Å²) in [6.07, 6.45) is 0. The Kier molecular flexibility index (Phi) is 5.14. The van der Waals surface area contributed by atoms with Gasteiger partial charge >= 0.3 is 0 Å². The van der Waals surface area contributed by atoms with Gasteiger partial charge in [-0.25, -0.2) is 5.84 Å². The van der Waals surface area contributed by atoms with Crippen LogP contribution in [0, 0.1) is 0 Å². The molecule has 15 heavy (non-hydrogen) atoms. The molecule has 0 aliphatic carbocycles. The summed E-state index contributed by atoms with van der Waals surface area (Å²) in [5, 5.41) is 2.08. The van der Waals surface area contributed by atoms with Crippen LogP contribution in [-0.2, 0) is 6.54 Å². The number of nitrogens with one attached hydrogen (secondary N) is 1. The number of thiophene rings is 1. The van der Waals surface area contributed by atoms with Crippen molar-refractivity contribution in [3.63, 3.8) is 0 Å². The van der Waals surface area contributed by atoms with Gasteiger partial charge in [0.1, 0.15) is 0 Å². The Bertz CT molecular complexity index is 294. The van der Waals surface area contributed by atoms with Gasteiger partial charge in [0.25, 0.3) is 0 Å². The second-order valence-electron chi connectivity index (χ2n) is 3.04. The molecule has 0 fully saturated rings. The normalized spacial score (nSPS) is 11.5. The quantitative estimate of drug-likeness (QED) is 0.353. The minimum absolute atomic E-state index is 0.737. The topological polar surface area (TPSA) is 53.6 Å². The van der Waals surface area contributed by atoms with Crippen LogP contribution in [0.15, 0.2) is 22.5 Å². The SMILES string of the molecule is CCN=C(NN)N(CC)Cc1cccs1. The van der Waals surface area contributed by atoms with Gasteiger partial charge in [-0.3, -0.25) is 10.4 Å². The maximum atomic E-state index is 5.45. The third kappa shape index (κ3) is 3.53. The number of rotatable bonds is 4.